The fraction of sp³-hybridized carbons (Fsp3) is 0.360. The summed E-state index contributed by atoms with van der Waals surface area (Å²) in [5.41, 5.74) is 1.22. The first-order valence-corrected chi connectivity index (χ1v) is 12.1. The molecule has 0 bridgehead atoms. The third kappa shape index (κ3) is 3.98. The highest BCUT2D eigenvalue weighted by Gasteiger charge is 2.27. The van der Waals surface area contributed by atoms with Gasteiger partial charge in [0.05, 0.1) is 22.3 Å². The Morgan fingerprint density at radius 1 is 1.23 bits per heavy atom. The Morgan fingerprint density at radius 3 is 2.71 bits per heavy atom. The van der Waals surface area contributed by atoms with Gasteiger partial charge in [-0.1, -0.05) is 23.7 Å². The van der Waals surface area contributed by atoms with Gasteiger partial charge in [-0.2, -0.15) is 10.1 Å². The van der Waals surface area contributed by atoms with E-state index in [1.165, 1.54) is 10.6 Å². The first-order valence-electron chi connectivity index (χ1n) is 11.7. The number of aromatic nitrogens is 5. The maximum absolute atomic E-state index is 14.8. The molecule has 1 saturated heterocycles. The average molecular weight is 496 g/mol. The SMILES string of the molecule is Cc1cnn(C(C)C)c1-n1c(=O)nc(N2CCNC[C@@H]2C)c2cc(Cl)c(-c3ccccc3F)nc21. The number of rotatable bonds is 4. The molecule has 1 aliphatic rings. The van der Waals surface area contributed by atoms with Crippen molar-refractivity contribution < 1.29 is 4.39 Å². The van der Waals surface area contributed by atoms with Crippen molar-refractivity contribution in [2.45, 2.75) is 39.8 Å². The van der Waals surface area contributed by atoms with Crippen LogP contribution in [0.3, 0.4) is 0 Å². The Balaban J connectivity index is 1.89. The van der Waals surface area contributed by atoms with Crippen molar-refractivity contribution in [2.24, 2.45) is 0 Å². The molecule has 0 saturated carbocycles. The number of hydrogen-bond acceptors (Lipinski definition) is 6. The minimum absolute atomic E-state index is 0.00754. The zero-order valence-corrected chi connectivity index (χ0v) is 20.8. The molecule has 1 atom stereocenters. The van der Waals surface area contributed by atoms with Crippen LogP contribution in [0.25, 0.3) is 28.1 Å². The Labute approximate surface area is 207 Å². The second kappa shape index (κ2) is 9.05. The highest BCUT2D eigenvalue weighted by atomic mass is 35.5. The predicted molar refractivity (Wildman–Crippen MR) is 136 cm³/mol. The van der Waals surface area contributed by atoms with E-state index >= 15 is 0 Å². The minimum atomic E-state index is -0.474. The van der Waals surface area contributed by atoms with E-state index < -0.39 is 11.5 Å². The van der Waals surface area contributed by atoms with E-state index in [4.69, 9.17) is 16.6 Å². The molecule has 1 aromatic carbocycles. The number of nitrogens with one attached hydrogen (secondary N) is 1. The van der Waals surface area contributed by atoms with Crippen LogP contribution in [0.1, 0.15) is 32.4 Å². The van der Waals surface area contributed by atoms with E-state index in [-0.39, 0.29) is 28.4 Å². The van der Waals surface area contributed by atoms with Gasteiger partial charge in [-0.05, 0) is 45.9 Å². The molecule has 10 heteroatoms. The minimum Gasteiger partial charge on any atom is -0.351 e. The quantitative estimate of drug-likeness (QED) is 0.458. The van der Waals surface area contributed by atoms with Crippen molar-refractivity contribution in [2.75, 3.05) is 24.5 Å². The number of benzene rings is 1. The van der Waals surface area contributed by atoms with Crippen molar-refractivity contribution >= 4 is 28.5 Å². The Hall–Kier alpha value is -3.30. The smallest absolute Gasteiger partial charge is 0.351 e. The summed E-state index contributed by atoms with van der Waals surface area (Å²) < 4.78 is 18.0. The van der Waals surface area contributed by atoms with E-state index in [0.717, 1.165) is 18.7 Å². The standard InChI is InChI=1S/C25H27ClFN7O/c1-14(2)34-24(15(3)12-29-34)33-23-18(22(31-25(33)35)32-10-9-28-13-16(32)4)11-19(26)21(30-23)17-7-5-6-8-20(17)27/h5-8,11-12,14,16,28H,9-10,13H2,1-4H3/t16-/m0/s1. The van der Waals surface area contributed by atoms with E-state index in [0.29, 0.717) is 29.2 Å². The number of fused-ring (bicyclic) bond motifs is 1. The highest BCUT2D eigenvalue weighted by molar-refractivity contribution is 6.33. The summed E-state index contributed by atoms with van der Waals surface area (Å²) in [5, 5.41) is 8.74. The molecular weight excluding hydrogens is 469 g/mol. The monoisotopic (exact) mass is 495 g/mol. The second-order valence-corrected chi connectivity index (χ2v) is 9.57. The van der Waals surface area contributed by atoms with Gasteiger partial charge in [-0.25, -0.2) is 23.4 Å². The fourth-order valence-electron chi connectivity index (χ4n) is 4.61. The number of pyridine rings is 1. The molecule has 182 valence electrons. The number of hydrogen-bond donors (Lipinski definition) is 1. The van der Waals surface area contributed by atoms with Crippen LogP contribution in [0.4, 0.5) is 10.2 Å². The molecule has 0 radical (unpaired) electrons. The summed E-state index contributed by atoms with van der Waals surface area (Å²) >= 11 is 6.69. The van der Waals surface area contributed by atoms with Gasteiger partial charge in [0, 0.05) is 42.8 Å². The second-order valence-electron chi connectivity index (χ2n) is 9.16. The van der Waals surface area contributed by atoms with E-state index in [1.807, 2.05) is 20.8 Å². The molecule has 0 aliphatic carbocycles. The first-order chi connectivity index (χ1) is 16.8. The molecule has 8 nitrogen and oxygen atoms in total. The Kier molecular flexibility index (Phi) is 6.06. The summed E-state index contributed by atoms with van der Waals surface area (Å²) in [5.74, 6) is 0.665. The maximum atomic E-state index is 14.8. The van der Waals surface area contributed by atoms with E-state index in [9.17, 15) is 9.18 Å². The number of anilines is 1. The van der Waals surface area contributed by atoms with Crippen LogP contribution in [0, 0.1) is 12.7 Å². The molecule has 3 aromatic heterocycles. The van der Waals surface area contributed by atoms with Gasteiger partial charge in [0.1, 0.15) is 17.5 Å². The van der Waals surface area contributed by atoms with Crippen molar-refractivity contribution in [1.29, 1.82) is 0 Å². The zero-order chi connectivity index (χ0) is 24.9. The van der Waals surface area contributed by atoms with E-state index in [2.05, 4.69) is 27.2 Å². The normalized spacial score (nSPS) is 16.4. The molecule has 0 unspecified atom stereocenters. The highest BCUT2D eigenvalue weighted by Crippen LogP contribution is 2.35. The third-order valence-corrected chi connectivity index (χ3v) is 6.64. The van der Waals surface area contributed by atoms with Gasteiger partial charge in [0.25, 0.3) is 0 Å². The molecule has 1 aliphatic heterocycles. The molecule has 1 N–H and O–H groups in total. The number of nitrogens with zero attached hydrogens (tertiary/aromatic N) is 6. The van der Waals surface area contributed by atoms with Crippen molar-refractivity contribution in [3.8, 4) is 17.1 Å². The van der Waals surface area contributed by atoms with Gasteiger partial charge in [-0.3, -0.25) is 0 Å². The van der Waals surface area contributed by atoms with Crippen LogP contribution in [0.5, 0.6) is 0 Å². The van der Waals surface area contributed by atoms with Crippen LogP contribution in [0.15, 0.2) is 41.3 Å². The summed E-state index contributed by atoms with van der Waals surface area (Å²) in [4.78, 5) is 25.1. The summed E-state index contributed by atoms with van der Waals surface area (Å²) in [6.45, 7) is 10.2. The molecule has 0 amide bonds. The van der Waals surface area contributed by atoms with Crippen LogP contribution >= 0.6 is 11.6 Å². The van der Waals surface area contributed by atoms with Gasteiger partial charge < -0.3 is 10.2 Å². The van der Waals surface area contributed by atoms with E-state index in [1.54, 1.807) is 35.1 Å². The largest absolute Gasteiger partial charge is 0.357 e. The van der Waals surface area contributed by atoms with Crippen LogP contribution in [-0.2, 0) is 0 Å². The Bertz CT molecular complexity index is 1480. The lowest BCUT2D eigenvalue weighted by Gasteiger charge is -2.35. The summed E-state index contributed by atoms with van der Waals surface area (Å²) in [7, 11) is 0. The summed E-state index contributed by atoms with van der Waals surface area (Å²) in [6.07, 6.45) is 1.72. The fourth-order valence-corrected chi connectivity index (χ4v) is 4.87. The molecule has 0 spiro atoms. The van der Waals surface area contributed by atoms with Gasteiger partial charge in [0.15, 0.2) is 5.65 Å². The lowest BCUT2D eigenvalue weighted by Crippen LogP contribution is -2.50. The molecule has 35 heavy (non-hydrogen) atoms. The van der Waals surface area contributed by atoms with Crippen LogP contribution in [-0.4, -0.2) is 50.0 Å². The first kappa shape index (κ1) is 23.4. The lowest BCUT2D eigenvalue weighted by molar-refractivity contribution is 0.496. The number of piperazine rings is 1. The van der Waals surface area contributed by atoms with Gasteiger partial charge >= 0.3 is 5.69 Å². The number of aryl methyl sites for hydroxylation is 1. The Morgan fingerprint density at radius 2 is 2.00 bits per heavy atom. The molecule has 1 fully saturated rings. The number of halogens is 2. The topological polar surface area (TPSA) is 80.9 Å². The lowest BCUT2D eigenvalue weighted by atomic mass is 10.1. The zero-order valence-electron chi connectivity index (χ0n) is 20.1. The van der Waals surface area contributed by atoms with Crippen LogP contribution in [0.2, 0.25) is 5.02 Å². The third-order valence-electron chi connectivity index (χ3n) is 6.35. The van der Waals surface area contributed by atoms with Crippen molar-refractivity contribution in [1.82, 2.24) is 29.6 Å². The molecule has 4 heterocycles. The molecule has 5 rings (SSSR count). The maximum Gasteiger partial charge on any atom is 0.357 e. The van der Waals surface area contributed by atoms with Crippen molar-refractivity contribution in [3.63, 3.8) is 0 Å². The predicted octanol–water partition coefficient (Wildman–Crippen LogP) is 4.12. The van der Waals surface area contributed by atoms with Crippen LogP contribution < -0.4 is 15.9 Å². The average Bonchev–Trinajstić information content (AvgIpc) is 3.21. The van der Waals surface area contributed by atoms with Gasteiger partial charge in [-0.15, -0.1) is 0 Å². The van der Waals surface area contributed by atoms with Crippen molar-refractivity contribution in [3.05, 3.63) is 63.4 Å². The molecule has 4 aromatic rings. The van der Waals surface area contributed by atoms with Gasteiger partial charge in [0.2, 0.25) is 0 Å². The summed E-state index contributed by atoms with van der Waals surface area (Å²) in [6, 6.07) is 8.18. The molecular formula is C25H27ClFN7O.